The van der Waals surface area contributed by atoms with Crippen molar-refractivity contribution in [2.45, 2.75) is 61.6 Å². The number of alkyl halides is 2. The van der Waals surface area contributed by atoms with E-state index in [1.165, 1.54) is 6.92 Å². The Morgan fingerprint density at radius 1 is 1.23 bits per heavy atom. The minimum atomic E-state index is -0.956. The van der Waals surface area contributed by atoms with Gasteiger partial charge in [-0.15, -0.1) is 23.2 Å². The fourth-order valence-corrected chi connectivity index (χ4v) is 4.24. The smallest absolute Gasteiger partial charge is 0.251 e. The highest BCUT2D eigenvalue weighted by Gasteiger charge is 2.40. The Morgan fingerprint density at radius 3 is 2.32 bits per heavy atom. The lowest BCUT2D eigenvalue weighted by Crippen LogP contribution is -2.52. The van der Waals surface area contributed by atoms with Crippen LogP contribution in [0.5, 0.6) is 0 Å². The molecule has 0 spiro atoms. The van der Waals surface area contributed by atoms with Gasteiger partial charge in [-0.05, 0) is 38.5 Å². The van der Waals surface area contributed by atoms with Crippen molar-refractivity contribution in [1.82, 2.24) is 4.90 Å². The molecule has 0 bridgehead atoms. The van der Waals surface area contributed by atoms with Gasteiger partial charge in [-0.1, -0.05) is 0 Å². The molecule has 2 rings (SSSR count). The van der Waals surface area contributed by atoms with Gasteiger partial charge in [0.15, 0.2) is 0 Å². The molecule has 128 valence electrons. The van der Waals surface area contributed by atoms with Crippen molar-refractivity contribution in [2.75, 3.05) is 13.1 Å². The summed E-state index contributed by atoms with van der Waals surface area (Å²) in [6.07, 6.45) is 1.23. The number of carbonyl (C=O) groups is 1. The number of aliphatic hydroxyl groups is 2. The Bertz CT molecular complexity index is 389. The monoisotopic (exact) mass is 352 g/mol. The Morgan fingerprint density at radius 2 is 1.77 bits per heavy atom. The highest BCUT2D eigenvalue weighted by Crippen LogP contribution is 2.36. The molecule has 1 heterocycles. The molecule has 1 aliphatic carbocycles. The van der Waals surface area contributed by atoms with Crippen LogP contribution in [0.15, 0.2) is 0 Å². The first-order valence-electron chi connectivity index (χ1n) is 8.00. The van der Waals surface area contributed by atoms with Gasteiger partial charge in [0.1, 0.15) is 6.10 Å². The quantitative estimate of drug-likeness (QED) is 0.659. The van der Waals surface area contributed by atoms with E-state index in [-0.39, 0.29) is 34.5 Å². The number of aliphatic hydroxyl groups excluding tert-OH is 2. The minimum absolute atomic E-state index is 0.0403. The maximum absolute atomic E-state index is 11.8. The maximum atomic E-state index is 11.8. The summed E-state index contributed by atoms with van der Waals surface area (Å²) in [5.74, 6) is -0.00881. The first-order chi connectivity index (χ1) is 10.3. The SMILES string of the molecule is C[C@H](O)C(=O)N1CCC([C@@H](N)C2CC(Cl)C(Cl)CC2O)CC1. The zero-order valence-corrected chi connectivity index (χ0v) is 14.4. The molecule has 2 fully saturated rings. The molecule has 1 saturated carbocycles. The third-order valence-electron chi connectivity index (χ3n) is 5.10. The summed E-state index contributed by atoms with van der Waals surface area (Å²) in [7, 11) is 0. The molecule has 1 aliphatic heterocycles. The molecule has 0 aromatic carbocycles. The van der Waals surface area contributed by atoms with Gasteiger partial charge in [-0.25, -0.2) is 0 Å². The Kier molecular flexibility index (Phi) is 6.37. The zero-order valence-electron chi connectivity index (χ0n) is 12.9. The molecule has 5 nitrogen and oxygen atoms in total. The zero-order chi connectivity index (χ0) is 16.4. The molecular weight excluding hydrogens is 327 g/mol. The summed E-state index contributed by atoms with van der Waals surface area (Å²) >= 11 is 12.3. The van der Waals surface area contributed by atoms with Crippen LogP contribution in [0.25, 0.3) is 0 Å². The normalized spacial score (nSPS) is 36.9. The van der Waals surface area contributed by atoms with Crippen molar-refractivity contribution in [1.29, 1.82) is 0 Å². The number of carbonyl (C=O) groups excluding carboxylic acids is 1. The second-order valence-corrected chi connectivity index (χ2v) is 7.77. The highest BCUT2D eigenvalue weighted by atomic mass is 35.5. The van der Waals surface area contributed by atoms with Crippen LogP contribution in [-0.2, 0) is 4.79 Å². The number of nitrogens with two attached hydrogens (primary N) is 1. The number of nitrogens with zero attached hydrogens (tertiary/aromatic N) is 1. The van der Waals surface area contributed by atoms with Crippen molar-refractivity contribution >= 4 is 29.1 Å². The van der Waals surface area contributed by atoms with E-state index in [2.05, 4.69) is 0 Å². The Hall–Kier alpha value is -0.0700. The van der Waals surface area contributed by atoms with Crippen molar-refractivity contribution in [3.8, 4) is 0 Å². The van der Waals surface area contributed by atoms with Gasteiger partial charge in [-0.3, -0.25) is 4.79 Å². The Balaban J connectivity index is 1.89. The second kappa shape index (κ2) is 7.67. The van der Waals surface area contributed by atoms with Gasteiger partial charge in [-0.2, -0.15) is 0 Å². The van der Waals surface area contributed by atoms with E-state index in [0.717, 1.165) is 12.8 Å². The molecule has 1 saturated heterocycles. The summed E-state index contributed by atoms with van der Waals surface area (Å²) in [6.45, 7) is 2.70. The molecule has 7 heteroatoms. The van der Waals surface area contributed by atoms with Crippen LogP contribution in [0.4, 0.5) is 0 Å². The van der Waals surface area contributed by atoms with Crippen LogP contribution in [0, 0.1) is 11.8 Å². The summed E-state index contributed by atoms with van der Waals surface area (Å²) in [5, 5.41) is 19.3. The van der Waals surface area contributed by atoms with Gasteiger partial charge in [0, 0.05) is 25.0 Å². The van der Waals surface area contributed by atoms with E-state index < -0.39 is 12.2 Å². The number of amides is 1. The van der Waals surface area contributed by atoms with Crippen LogP contribution < -0.4 is 5.73 Å². The highest BCUT2D eigenvalue weighted by molar-refractivity contribution is 6.30. The molecule has 4 unspecified atom stereocenters. The van der Waals surface area contributed by atoms with Gasteiger partial charge >= 0.3 is 0 Å². The lowest BCUT2D eigenvalue weighted by molar-refractivity contribution is -0.140. The summed E-state index contributed by atoms with van der Waals surface area (Å²) in [5.41, 5.74) is 6.39. The van der Waals surface area contributed by atoms with E-state index in [1.807, 2.05) is 0 Å². The standard InChI is InChI=1S/C15H26Cl2N2O3/c1-8(20)15(22)19-4-2-9(3-5-19)14(18)10-6-11(16)12(17)7-13(10)21/h8-14,20-21H,2-7,18H2,1H3/t8-,10?,11?,12?,13?,14+/m0/s1. The lowest BCUT2D eigenvalue weighted by Gasteiger charge is -2.42. The largest absolute Gasteiger partial charge is 0.393 e. The lowest BCUT2D eigenvalue weighted by atomic mass is 9.74. The van der Waals surface area contributed by atoms with E-state index in [4.69, 9.17) is 28.9 Å². The topological polar surface area (TPSA) is 86.8 Å². The molecular formula is C15H26Cl2N2O3. The molecule has 0 aromatic heterocycles. The number of hydrogen-bond donors (Lipinski definition) is 3. The van der Waals surface area contributed by atoms with Crippen LogP contribution in [0.1, 0.15) is 32.6 Å². The van der Waals surface area contributed by atoms with E-state index in [9.17, 15) is 15.0 Å². The summed E-state index contributed by atoms with van der Waals surface area (Å²) < 4.78 is 0. The third-order valence-corrected chi connectivity index (χ3v) is 6.19. The van der Waals surface area contributed by atoms with Crippen LogP contribution in [0.3, 0.4) is 0 Å². The molecule has 0 radical (unpaired) electrons. The van der Waals surface area contributed by atoms with Gasteiger partial charge in [0.05, 0.1) is 16.9 Å². The van der Waals surface area contributed by atoms with Crippen LogP contribution in [0.2, 0.25) is 0 Å². The molecule has 0 aromatic rings. The molecule has 6 atom stereocenters. The Labute approximate surface area is 141 Å². The fourth-order valence-electron chi connectivity index (χ4n) is 3.65. The summed E-state index contributed by atoms with van der Waals surface area (Å²) in [6, 6.07) is -0.135. The van der Waals surface area contributed by atoms with Crippen LogP contribution in [-0.4, -0.2) is 63.1 Å². The average Bonchev–Trinajstić information content (AvgIpc) is 2.49. The fraction of sp³-hybridized carbons (Fsp3) is 0.933. The van der Waals surface area contributed by atoms with Gasteiger partial charge in [0.25, 0.3) is 5.91 Å². The van der Waals surface area contributed by atoms with E-state index >= 15 is 0 Å². The molecule has 2 aliphatic rings. The summed E-state index contributed by atoms with van der Waals surface area (Å²) in [4.78, 5) is 13.5. The predicted octanol–water partition coefficient (Wildman–Crippen LogP) is 0.919. The number of hydrogen-bond acceptors (Lipinski definition) is 4. The number of rotatable bonds is 3. The number of piperidine rings is 1. The van der Waals surface area contributed by atoms with Crippen molar-refractivity contribution in [3.63, 3.8) is 0 Å². The first-order valence-corrected chi connectivity index (χ1v) is 8.87. The first kappa shape index (κ1) is 18.3. The van der Waals surface area contributed by atoms with E-state index in [0.29, 0.717) is 25.9 Å². The molecule has 4 N–H and O–H groups in total. The molecule has 1 amide bonds. The minimum Gasteiger partial charge on any atom is -0.393 e. The van der Waals surface area contributed by atoms with Crippen LogP contribution >= 0.6 is 23.2 Å². The van der Waals surface area contributed by atoms with E-state index in [1.54, 1.807) is 4.90 Å². The van der Waals surface area contributed by atoms with Crippen molar-refractivity contribution < 1.29 is 15.0 Å². The second-order valence-electron chi connectivity index (χ2n) is 6.65. The number of likely N-dealkylation sites (tertiary alicyclic amines) is 1. The van der Waals surface area contributed by atoms with Gasteiger partial charge in [0.2, 0.25) is 0 Å². The number of halogens is 2. The average molecular weight is 353 g/mol. The maximum Gasteiger partial charge on any atom is 0.251 e. The van der Waals surface area contributed by atoms with Gasteiger partial charge < -0.3 is 20.8 Å². The molecule has 22 heavy (non-hydrogen) atoms. The third kappa shape index (κ3) is 4.06. The predicted molar refractivity (Wildman–Crippen MR) is 87.0 cm³/mol. The van der Waals surface area contributed by atoms with Crippen molar-refractivity contribution in [3.05, 3.63) is 0 Å². The van der Waals surface area contributed by atoms with Crippen molar-refractivity contribution in [2.24, 2.45) is 17.6 Å².